The highest BCUT2D eigenvalue weighted by molar-refractivity contribution is 7.08. The molecule has 1 N–H and O–H groups in total. The van der Waals surface area contributed by atoms with Crippen molar-refractivity contribution in [2.45, 2.75) is 26.2 Å². The zero-order chi connectivity index (χ0) is 12.3. The molecule has 0 saturated carbocycles. The number of hydrogen-bond acceptors (Lipinski definition) is 5. The third-order valence-corrected chi connectivity index (χ3v) is 3.82. The molecule has 2 rings (SSSR count). The molecule has 5 nitrogen and oxygen atoms in total. The van der Waals surface area contributed by atoms with Crippen molar-refractivity contribution in [3.05, 3.63) is 10.6 Å². The van der Waals surface area contributed by atoms with Gasteiger partial charge in [-0.05, 0) is 24.4 Å². The van der Waals surface area contributed by atoms with Gasteiger partial charge in [0.1, 0.15) is 4.88 Å². The van der Waals surface area contributed by atoms with Crippen LogP contribution in [0.1, 0.15) is 35.1 Å². The maximum absolute atomic E-state index is 12.2. The van der Waals surface area contributed by atoms with Gasteiger partial charge in [0.15, 0.2) is 0 Å². The number of carbonyl (C=O) groups excluding carboxylic acids is 1. The number of carbonyl (C=O) groups is 1. The maximum Gasteiger partial charge on any atom is 0.267 e. The number of aromatic nitrogens is 2. The monoisotopic (exact) mass is 255 g/mol. The molecule has 1 saturated heterocycles. The number of aryl methyl sites for hydroxylation is 1. The van der Waals surface area contributed by atoms with Gasteiger partial charge in [-0.25, -0.2) is 0 Å². The number of likely N-dealkylation sites (tertiary alicyclic amines) is 1. The Bertz CT molecular complexity index is 394. The summed E-state index contributed by atoms with van der Waals surface area (Å²) in [5.74, 6) is 0.258. The number of rotatable bonds is 4. The Hall–Kier alpha value is -1.01. The highest BCUT2D eigenvalue weighted by Gasteiger charge is 2.29. The van der Waals surface area contributed by atoms with E-state index in [1.807, 2.05) is 0 Å². The van der Waals surface area contributed by atoms with E-state index in [1.165, 1.54) is 11.5 Å². The van der Waals surface area contributed by atoms with E-state index < -0.39 is 0 Å². The zero-order valence-corrected chi connectivity index (χ0v) is 10.7. The summed E-state index contributed by atoms with van der Waals surface area (Å²) in [6.45, 7) is 3.60. The van der Waals surface area contributed by atoms with E-state index in [0.717, 1.165) is 31.5 Å². The van der Waals surface area contributed by atoms with Crippen molar-refractivity contribution in [2.24, 2.45) is 5.92 Å². The smallest absolute Gasteiger partial charge is 0.267 e. The topological polar surface area (TPSA) is 66.3 Å². The van der Waals surface area contributed by atoms with E-state index in [1.54, 1.807) is 4.90 Å². The first-order valence-electron chi connectivity index (χ1n) is 5.97. The molecule has 1 aromatic rings. The van der Waals surface area contributed by atoms with Gasteiger partial charge in [0.2, 0.25) is 0 Å². The number of nitrogens with zero attached hydrogens (tertiary/aromatic N) is 3. The highest BCUT2D eigenvalue weighted by Crippen LogP contribution is 2.21. The first-order chi connectivity index (χ1) is 8.26. The summed E-state index contributed by atoms with van der Waals surface area (Å²) in [6.07, 6.45) is 2.65. The third kappa shape index (κ3) is 2.63. The van der Waals surface area contributed by atoms with Crippen LogP contribution in [0.5, 0.6) is 0 Å². The summed E-state index contributed by atoms with van der Waals surface area (Å²) in [5, 5.41) is 13.1. The fourth-order valence-electron chi connectivity index (χ4n) is 2.08. The van der Waals surface area contributed by atoms with Crippen LogP contribution in [0.25, 0.3) is 0 Å². The summed E-state index contributed by atoms with van der Waals surface area (Å²) in [6, 6.07) is 0. The molecule has 1 aliphatic heterocycles. The van der Waals surface area contributed by atoms with Crippen LogP contribution in [-0.2, 0) is 6.42 Å². The molecule has 1 fully saturated rings. The fraction of sp³-hybridized carbons (Fsp3) is 0.727. The Labute approximate surface area is 105 Å². The molecule has 1 amide bonds. The Balaban J connectivity index is 2.06. The van der Waals surface area contributed by atoms with Gasteiger partial charge in [0.25, 0.3) is 5.91 Å². The number of aliphatic hydroxyl groups excluding tert-OH is 1. The molecule has 1 aliphatic rings. The second-order valence-electron chi connectivity index (χ2n) is 4.39. The van der Waals surface area contributed by atoms with E-state index in [2.05, 4.69) is 16.5 Å². The van der Waals surface area contributed by atoms with E-state index in [0.29, 0.717) is 11.4 Å². The van der Waals surface area contributed by atoms with Crippen molar-refractivity contribution in [1.29, 1.82) is 0 Å². The molecule has 17 heavy (non-hydrogen) atoms. The van der Waals surface area contributed by atoms with E-state index >= 15 is 0 Å². The molecule has 0 bridgehead atoms. The summed E-state index contributed by atoms with van der Waals surface area (Å²) >= 11 is 1.18. The Morgan fingerprint density at radius 2 is 2.47 bits per heavy atom. The SMILES string of the molecule is CCCc1nnsc1C(=O)N1CCC(CO)C1. The van der Waals surface area contributed by atoms with Crippen LogP contribution < -0.4 is 0 Å². The van der Waals surface area contributed by atoms with Crippen molar-refractivity contribution >= 4 is 17.4 Å². The molecule has 1 aromatic heterocycles. The van der Waals surface area contributed by atoms with Gasteiger partial charge in [0, 0.05) is 25.6 Å². The molecule has 6 heteroatoms. The predicted octanol–water partition coefficient (Wildman–Crippen LogP) is 0.945. The summed E-state index contributed by atoms with van der Waals surface area (Å²) < 4.78 is 3.87. The van der Waals surface area contributed by atoms with Crippen LogP contribution in [0.15, 0.2) is 0 Å². The molecule has 0 spiro atoms. The lowest BCUT2D eigenvalue weighted by molar-refractivity contribution is 0.0785. The largest absolute Gasteiger partial charge is 0.396 e. The second-order valence-corrected chi connectivity index (χ2v) is 5.14. The minimum absolute atomic E-state index is 0.0272. The second kappa shape index (κ2) is 5.55. The Morgan fingerprint density at radius 1 is 1.65 bits per heavy atom. The lowest BCUT2D eigenvalue weighted by Gasteiger charge is -2.15. The molecule has 0 radical (unpaired) electrons. The quantitative estimate of drug-likeness (QED) is 0.869. The van der Waals surface area contributed by atoms with Gasteiger partial charge in [0.05, 0.1) is 5.69 Å². The van der Waals surface area contributed by atoms with Crippen LogP contribution >= 0.6 is 11.5 Å². The van der Waals surface area contributed by atoms with Crippen molar-refractivity contribution in [2.75, 3.05) is 19.7 Å². The number of amides is 1. The van der Waals surface area contributed by atoms with Crippen LogP contribution in [-0.4, -0.2) is 45.2 Å². The first kappa shape index (κ1) is 12.4. The lowest BCUT2D eigenvalue weighted by atomic mass is 10.1. The van der Waals surface area contributed by atoms with Gasteiger partial charge in [-0.15, -0.1) is 5.10 Å². The highest BCUT2D eigenvalue weighted by atomic mass is 32.1. The van der Waals surface area contributed by atoms with E-state index in [9.17, 15) is 4.79 Å². The van der Waals surface area contributed by atoms with Gasteiger partial charge in [-0.2, -0.15) is 0 Å². The zero-order valence-electron chi connectivity index (χ0n) is 9.93. The summed E-state index contributed by atoms with van der Waals surface area (Å²) in [7, 11) is 0. The van der Waals surface area contributed by atoms with Gasteiger partial charge < -0.3 is 10.0 Å². The summed E-state index contributed by atoms with van der Waals surface area (Å²) in [5.41, 5.74) is 0.815. The van der Waals surface area contributed by atoms with Crippen LogP contribution in [0.3, 0.4) is 0 Å². The molecule has 1 atom stereocenters. The van der Waals surface area contributed by atoms with Gasteiger partial charge in [-0.1, -0.05) is 17.8 Å². The van der Waals surface area contributed by atoms with Crippen molar-refractivity contribution in [3.8, 4) is 0 Å². The Kier molecular flexibility index (Phi) is 4.06. The number of hydrogen-bond donors (Lipinski definition) is 1. The molecular formula is C11H17N3O2S. The average molecular weight is 255 g/mol. The molecule has 1 unspecified atom stereocenters. The minimum atomic E-state index is 0.0272. The predicted molar refractivity (Wildman–Crippen MR) is 65.0 cm³/mol. The van der Waals surface area contributed by atoms with Gasteiger partial charge >= 0.3 is 0 Å². The van der Waals surface area contributed by atoms with Gasteiger partial charge in [-0.3, -0.25) is 4.79 Å². The van der Waals surface area contributed by atoms with E-state index in [4.69, 9.17) is 5.11 Å². The van der Waals surface area contributed by atoms with Crippen LogP contribution in [0.4, 0.5) is 0 Å². The van der Waals surface area contributed by atoms with Crippen LogP contribution in [0.2, 0.25) is 0 Å². The molecule has 2 heterocycles. The van der Waals surface area contributed by atoms with Crippen molar-refractivity contribution in [3.63, 3.8) is 0 Å². The van der Waals surface area contributed by atoms with E-state index in [-0.39, 0.29) is 18.4 Å². The third-order valence-electron chi connectivity index (χ3n) is 3.07. The average Bonchev–Trinajstić information content (AvgIpc) is 2.97. The first-order valence-corrected chi connectivity index (χ1v) is 6.75. The lowest BCUT2D eigenvalue weighted by Crippen LogP contribution is -2.29. The molecule has 0 aromatic carbocycles. The fourth-order valence-corrected chi connectivity index (χ4v) is 2.76. The van der Waals surface area contributed by atoms with Crippen LogP contribution in [0, 0.1) is 5.92 Å². The molecular weight excluding hydrogens is 238 g/mol. The standard InChI is InChI=1S/C11H17N3O2S/c1-2-3-9-10(17-13-12-9)11(16)14-5-4-8(6-14)7-15/h8,15H,2-7H2,1H3. The maximum atomic E-state index is 12.2. The summed E-state index contributed by atoms with van der Waals surface area (Å²) in [4.78, 5) is 14.7. The van der Waals surface area contributed by atoms with Crippen molar-refractivity contribution in [1.82, 2.24) is 14.5 Å². The minimum Gasteiger partial charge on any atom is -0.396 e. The molecule has 0 aliphatic carbocycles. The Morgan fingerprint density at radius 3 is 3.12 bits per heavy atom. The van der Waals surface area contributed by atoms with Crippen molar-refractivity contribution < 1.29 is 9.90 Å². The molecule has 94 valence electrons. The normalized spacial score (nSPS) is 19.9. The number of aliphatic hydroxyl groups is 1.